The second-order valence-corrected chi connectivity index (χ2v) is 5.18. The molecule has 0 aliphatic carbocycles. The van der Waals surface area contributed by atoms with Crippen LogP contribution in [0.5, 0.6) is 11.5 Å². The number of rotatable bonds is 6. The Kier molecular flexibility index (Phi) is 4.29. The number of fused-ring (bicyclic) bond motifs is 1. The van der Waals surface area contributed by atoms with E-state index in [0.29, 0.717) is 24.3 Å². The van der Waals surface area contributed by atoms with E-state index in [9.17, 15) is 10.1 Å². The number of hydrogen-bond acceptors (Lipinski definition) is 4. The Bertz CT molecular complexity index is 498. The summed E-state index contributed by atoms with van der Waals surface area (Å²) in [5.41, 5.74) is -0.811. The van der Waals surface area contributed by atoms with Gasteiger partial charge in [-0.05, 0) is 24.5 Å². The van der Waals surface area contributed by atoms with Gasteiger partial charge in [-0.15, -0.1) is 0 Å². The van der Waals surface area contributed by atoms with Gasteiger partial charge in [0.15, 0.2) is 11.5 Å². The molecule has 106 valence electrons. The molecule has 0 saturated heterocycles. The fourth-order valence-electron chi connectivity index (χ4n) is 2.59. The third-order valence-electron chi connectivity index (χ3n) is 4.11. The Morgan fingerprint density at radius 1 is 1.40 bits per heavy atom. The van der Waals surface area contributed by atoms with Crippen molar-refractivity contribution < 1.29 is 14.3 Å². The zero-order chi connectivity index (χ0) is 14.6. The molecule has 0 N–H and O–H groups in total. The molecule has 0 radical (unpaired) electrons. The van der Waals surface area contributed by atoms with Crippen LogP contribution in [0.4, 0.5) is 0 Å². The minimum absolute atomic E-state index is 0.0757. The molecule has 1 aromatic carbocycles. The van der Waals surface area contributed by atoms with Gasteiger partial charge in [-0.3, -0.25) is 0 Å². The van der Waals surface area contributed by atoms with Crippen LogP contribution >= 0.6 is 0 Å². The third-order valence-corrected chi connectivity index (χ3v) is 4.11. The van der Waals surface area contributed by atoms with Gasteiger partial charge < -0.3 is 14.3 Å². The Labute approximate surface area is 119 Å². The highest BCUT2D eigenvalue weighted by molar-refractivity contribution is 5.49. The average molecular weight is 273 g/mol. The number of aldehydes is 1. The first-order valence-corrected chi connectivity index (χ1v) is 6.95. The molecule has 0 fully saturated rings. The number of benzene rings is 1. The van der Waals surface area contributed by atoms with Crippen LogP contribution in [0.15, 0.2) is 24.3 Å². The highest BCUT2D eigenvalue weighted by Crippen LogP contribution is 2.46. The Balaban J connectivity index is 2.29. The maximum atomic E-state index is 10.7. The first kappa shape index (κ1) is 14.4. The lowest BCUT2D eigenvalue weighted by molar-refractivity contribution is -0.110. The van der Waals surface area contributed by atoms with Crippen LogP contribution in [0.3, 0.4) is 0 Å². The molecule has 2 unspecified atom stereocenters. The zero-order valence-corrected chi connectivity index (χ0v) is 11.8. The lowest BCUT2D eigenvalue weighted by Crippen LogP contribution is -2.44. The third kappa shape index (κ3) is 2.36. The average Bonchev–Trinajstić information content (AvgIpc) is 2.92. The molecular weight excluding hydrogens is 254 g/mol. The molecule has 1 aliphatic rings. The van der Waals surface area contributed by atoms with Crippen molar-refractivity contribution in [3.63, 3.8) is 0 Å². The van der Waals surface area contributed by atoms with E-state index in [1.807, 2.05) is 38.1 Å². The molecule has 1 heterocycles. The summed E-state index contributed by atoms with van der Waals surface area (Å²) >= 11 is 0. The smallest absolute Gasteiger partial charge is 0.260 e. The highest BCUT2D eigenvalue weighted by atomic mass is 16.7. The van der Waals surface area contributed by atoms with Crippen LogP contribution in [0.25, 0.3) is 0 Å². The maximum absolute atomic E-state index is 10.7. The Morgan fingerprint density at radius 3 is 2.45 bits per heavy atom. The summed E-state index contributed by atoms with van der Waals surface area (Å²) in [6, 6.07) is 9.76. The zero-order valence-electron chi connectivity index (χ0n) is 11.8. The second-order valence-electron chi connectivity index (χ2n) is 5.18. The van der Waals surface area contributed by atoms with Gasteiger partial charge in [0.25, 0.3) is 6.29 Å². The molecule has 4 nitrogen and oxygen atoms in total. The molecule has 0 saturated carbocycles. The van der Waals surface area contributed by atoms with Gasteiger partial charge in [-0.1, -0.05) is 32.4 Å². The number of hydrogen-bond donors (Lipinski definition) is 0. The molecule has 2 atom stereocenters. The molecule has 0 aromatic heterocycles. The molecule has 0 spiro atoms. The Morgan fingerprint density at radius 2 is 2.00 bits per heavy atom. The molecule has 1 aromatic rings. The van der Waals surface area contributed by atoms with E-state index >= 15 is 0 Å². The maximum Gasteiger partial charge on any atom is 0.260 e. The lowest BCUT2D eigenvalue weighted by atomic mass is 9.72. The van der Waals surface area contributed by atoms with Crippen LogP contribution in [0.2, 0.25) is 0 Å². The van der Waals surface area contributed by atoms with Crippen molar-refractivity contribution in [2.75, 3.05) is 0 Å². The Hall–Kier alpha value is -2.02. The first-order valence-electron chi connectivity index (χ1n) is 6.95. The SMILES string of the molecule is CCC(C)C(C#N)(CCC=O)C1Oc2ccccc2O1. The summed E-state index contributed by atoms with van der Waals surface area (Å²) in [5.74, 6) is 1.39. The molecule has 4 heteroatoms. The molecule has 20 heavy (non-hydrogen) atoms. The van der Waals surface area contributed by atoms with E-state index in [-0.39, 0.29) is 5.92 Å². The number of nitriles is 1. The number of carbonyl (C=O) groups excluding carboxylic acids is 1. The summed E-state index contributed by atoms with van der Waals surface area (Å²) in [4.78, 5) is 10.7. The van der Waals surface area contributed by atoms with Crippen LogP contribution < -0.4 is 9.47 Å². The molecule has 2 rings (SSSR count). The van der Waals surface area contributed by atoms with Crippen molar-refractivity contribution in [2.45, 2.75) is 39.4 Å². The van der Waals surface area contributed by atoms with Gasteiger partial charge >= 0.3 is 0 Å². The fraction of sp³-hybridized carbons (Fsp3) is 0.500. The minimum atomic E-state index is -0.811. The van der Waals surface area contributed by atoms with Gasteiger partial charge in [0.2, 0.25) is 0 Å². The normalized spacial score (nSPS) is 18.1. The second kappa shape index (κ2) is 5.96. The van der Waals surface area contributed by atoms with Gasteiger partial charge in [0, 0.05) is 6.42 Å². The van der Waals surface area contributed by atoms with E-state index < -0.39 is 11.7 Å². The van der Waals surface area contributed by atoms with Gasteiger partial charge in [-0.2, -0.15) is 5.26 Å². The van der Waals surface area contributed by atoms with Crippen molar-refractivity contribution in [3.8, 4) is 17.6 Å². The van der Waals surface area contributed by atoms with Gasteiger partial charge in [-0.25, -0.2) is 0 Å². The van der Waals surface area contributed by atoms with Crippen molar-refractivity contribution in [1.82, 2.24) is 0 Å². The van der Waals surface area contributed by atoms with E-state index in [4.69, 9.17) is 9.47 Å². The van der Waals surface area contributed by atoms with E-state index in [1.54, 1.807) is 0 Å². The molecule has 1 aliphatic heterocycles. The quantitative estimate of drug-likeness (QED) is 0.746. The van der Waals surface area contributed by atoms with E-state index in [2.05, 4.69) is 6.07 Å². The topological polar surface area (TPSA) is 59.3 Å². The lowest BCUT2D eigenvalue weighted by Gasteiger charge is -2.35. The summed E-state index contributed by atoms with van der Waals surface area (Å²) in [7, 11) is 0. The van der Waals surface area contributed by atoms with Crippen LogP contribution in [-0.2, 0) is 4.79 Å². The minimum Gasteiger partial charge on any atom is -0.449 e. The molecule has 0 bridgehead atoms. The molecular formula is C16H19NO3. The standard InChI is InChI=1S/C16H19NO3/c1-3-12(2)16(11-17,9-6-10-18)15-19-13-7-4-5-8-14(13)20-15/h4-5,7-8,10,12,15H,3,6,9H2,1-2H3. The summed E-state index contributed by atoms with van der Waals surface area (Å²) < 4.78 is 11.6. The van der Waals surface area contributed by atoms with Crippen LogP contribution in [-0.4, -0.2) is 12.6 Å². The number of nitrogens with zero attached hydrogens (tertiary/aromatic N) is 1. The predicted octanol–water partition coefficient (Wildman–Crippen LogP) is 3.32. The van der Waals surface area contributed by atoms with Crippen molar-refractivity contribution >= 4 is 6.29 Å². The predicted molar refractivity (Wildman–Crippen MR) is 74.3 cm³/mol. The number of ether oxygens (including phenoxy) is 2. The van der Waals surface area contributed by atoms with Gasteiger partial charge in [0.1, 0.15) is 11.7 Å². The van der Waals surface area contributed by atoms with E-state index in [0.717, 1.165) is 12.7 Å². The summed E-state index contributed by atoms with van der Waals surface area (Å²) in [6.45, 7) is 4.03. The van der Waals surface area contributed by atoms with Crippen LogP contribution in [0.1, 0.15) is 33.1 Å². The fourth-order valence-corrected chi connectivity index (χ4v) is 2.59. The monoisotopic (exact) mass is 273 g/mol. The molecule has 0 amide bonds. The van der Waals surface area contributed by atoms with Gasteiger partial charge in [0.05, 0.1) is 6.07 Å². The van der Waals surface area contributed by atoms with Crippen LogP contribution in [0, 0.1) is 22.7 Å². The van der Waals surface area contributed by atoms with E-state index in [1.165, 1.54) is 0 Å². The van der Waals surface area contributed by atoms with Crippen molar-refractivity contribution in [2.24, 2.45) is 11.3 Å². The van der Waals surface area contributed by atoms with Crippen molar-refractivity contribution in [1.29, 1.82) is 5.26 Å². The number of carbonyl (C=O) groups is 1. The first-order chi connectivity index (χ1) is 9.67. The van der Waals surface area contributed by atoms with Crippen molar-refractivity contribution in [3.05, 3.63) is 24.3 Å². The largest absolute Gasteiger partial charge is 0.449 e. The summed E-state index contributed by atoms with van der Waals surface area (Å²) in [6.07, 6.45) is 1.79. The number of para-hydroxylation sites is 2. The summed E-state index contributed by atoms with van der Waals surface area (Å²) in [5, 5.41) is 9.72. The highest BCUT2D eigenvalue weighted by Gasteiger charge is 2.49.